The van der Waals surface area contributed by atoms with Crippen LogP contribution in [0.4, 0.5) is 0 Å². The van der Waals surface area contributed by atoms with Gasteiger partial charge in [0.15, 0.2) is 0 Å². The number of carbonyl (C=O) groups is 1. The van der Waals surface area contributed by atoms with Gasteiger partial charge in [-0.05, 0) is 0 Å². The summed E-state index contributed by atoms with van der Waals surface area (Å²) in [5.41, 5.74) is 0.827. The van der Waals surface area contributed by atoms with Gasteiger partial charge in [0.1, 0.15) is 6.54 Å². The fourth-order valence-electron chi connectivity index (χ4n) is 1.50. The van der Waals surface area contributed by atoms with E-state index in [4.69, 9.17) is 9.84 Å². The highest BCUT2D eigenvalue weighted by Gasteiger charge is 2.19. The van der Waals surface area contributed by atoms with Gasteiger partial charge in [-0.15, -0.1) is 0 Å². The predicted molar refractivity (Wildman–Crippen MR) is 49.6 cm³/mol. The molecule has 2 rings (SSSR count). The van der Waals surface area contributed by atoms with E-state index in [-0.39, 0.29) is 11.4 Å². The summed E-state index contributed by atoms with van der Waals surface area (Å²) in [5.74, 6) is -0.987. The lowest BCUT2D eigenvalue weighted by Crippen LogP contribution is -2.23. The molecule has 76 valence electrons. The standard InChI is InChI=1S/C8H9NO4S/c10-7(11)3-9-5-1-2-13-4-6(5)14-8(9)12/h1-4H2,(H,10,11). The van der Waals surface area contributed by atoms with E-state index in [9.17, 15) is 9.59 Å². The number of nitrogens with zero attached hydrogens (tertiary/aromatic N) is 1. The summed E-state index contributed by atoms with van der Waals surface area (Å²) < 4.78 is 6.50. The first-order chi connectivity index (χ1) is 6.68. The normalized spacial score (nSPS) is 15.1. The summed E-state index contributed by atoms with van der Waals surface area (Å²) in [7, 11) is 0. The quantitative estimate of drug-likeness (QED) is 0.757. The molecule has 0 atom stereocenters. The number of hydrogen-bond acceptors (Lipinski definition) is 4. The van der Waals surface area contributed by atoms with Gasteiger partial charge in [0, 0.05) is 12.1 Å². The van der Waals surface area contributed by atoms with E-state index in [1.807, 2.05) is 0 Å². The van der Waals surface area contributed by atoms with Crippen molar-refractivity contribution >= 4 is 17.3 Å². The number of thiazole rings is 1. The van der Waals surface area contributed by atoms with E-state index in [1.165, 1.54) is 4.57 Å². The summed E-state index contributed by atoms with van der Waals surface area (Å²) in [6.07, 6.45) is 0.626. The number of rotatable bonds is 2. The highest BCUT2D eigenvalue weighted by Crippen LogP contribution is 2.19. The van der Waals surface area contributed by atoms with Crippen LogP contribution in [0, 0.1) is 0 Å². The van der Waals surface area contributed by atoms with Crippen LogP contribution in [-0.2, 0) is 29.1 Å². The average molecular weight is 215 g/mol. The van der Waals surface area contributed by atoms with Gasteiger partial charge < -0.3 is 9.84 Å². The second kappa shape index (κ2) is 3.55. The Hall–Kier alpha value is -1.14. The highest BCUT2D eigenvalue weighted by atomic mass is 32.1. The molecule has 0 amide bonds. The number of carboxylic acids is 1. The number of fused-ring (bicyclic) bond motifs is 1. The van der Waals surface area contributed by atoms with Crippen LogP contribution in [-0.4, -0.2) is 22.2 Å². The van der Waals surface area contributed by atoms with Crippen molar-refractivity contribution in [3.63, 3.8) is 0 Å². The third-order valence-corrected chi connectivity index (χ3v) is 3.08. The molecule has 0 radical (unpaired) electrons. The van der Waals surface area contributed by atoms with Gasteiger partial charge in [0.25, 0.3) is 0 Å². The molecule has 0 bridgehead atoms. The maximum absolute atomic E-state index is 11.4. The zero-order chi connectivity index (χ0) is 10.1. The maximum atomic E-state index is 11.4. The van der Waals surface area contributed by atoms with E-state index in [0.717, 1.165) is 21.9 Å². The Morgan fingerprint density at radius 1 is 1.64 bits per heavy atom. The first-order valence-electron chi connectivity index (χ1n) is 4.19. The Bertz CT molecular complexity index is 419. The number of carboxylic acid groups (broad SMARTS) is 1. The van der Waals surface area contributed by atoms with Crippen LogP contribution < -0.4 is 4.87 Å². The van der Waals surface area contributed by atoms with Crippen LogP contribution in [0.25, 0.3) is 0 Å². The van der Waals surface area contributed by atoms with Gasteiger partial charge in [-0.3, -0.25) is 14.2 Å². The van der Waals surface area contributed by atoms with Crippen molar-refractivity contribution in [3.8, 4) is 0 Å². The molecule has 0 aromatic carbocycles. The minimum Gasteiger partial charge on any atom is -0.480 e. The molecule has 14 heavy (non-hydrogen) atoms. The van der Waals surface area contributed by atoms with Crippen molar-refractivity contribution in [1.29, 1.82) is 0 Å². The topological polar surface area (TPSA) is 68.5 Å². The Kier molecular flexibility index (Phi) is 2.39. The molecule has 0 saturated heterocycles. The number of aromatic nitrogens is 1. The molecule has 0 fully saturated rings. The summed E-state index contributed by atoms with van der Waals surface area (Å²) in [5, 5.41) is 8.62. The molecular weight excluding hydrogens is 206 g/mol. The zero-order valence-electron chi connectivity index (χ0n) is 7.36. The summed E-state index contributed by atoms with van der Waals surface area (Å²) in [6.45, 7) is 0.745. The second-order valence-electron chi connectivity index (χ2n) is 3.02. The lowest BCUT2D eigenvalue weighted by Gasteiger charge is -2.13. The van der Waals surface area contributed by atoms with Gasteiger partial charge in [-0.2, -0.15) is 0 Å². The SMILES string of the molecule is O=C(O)Cn1c2c(sc1=O)COCC2. The van der Waals surface area contributed by atoms with Gasteiger partial charge >= 0.3 is 10.8 Å². The van der Waals surface area contributed by atoms with Crippen LogP contribution >= 0.6 is 11.3 Å². The first-order valence-corrected chi connectivity index (χ1v) is 5.01. The van der Waals surface area contributed by atoms with Crippen molar-refractivity contribution in [1.82, 2.24) is 4.57 Å². The average Bonchev–Trinajstić information content (AvgIpc) is 2.43. The van der Waals surface area contributed by atoms with Crippen molar-refractivity contribution in [2.75, 3.05) is 6.61 Å². The molecule has 1 aromatic rings. The maximum Gasteiger partial charge on any atom is 0.323 e. The van der Waals surface area contributed by atoms with Gasteiger partial charge in [0.05, 0.1) is 18.1 Å². The molecule has 1 N–H and O–H groups in total. The first kappa shape index (κ1) is 9.42. The highest BCUT2D eigenvalue weighted by molar-refractivity contribution is 7.09. The van der Waals surface area contributed by atoms with Crippen molar-refractivity contribution in [2.24, 2.45) is 0 Å². The minimum absolute atomic E-state index is 0.206. The predicted octanol–water partition coefficient (Wildman–Crippen LogP) is 0.0671. The molecule has 1 aliphatic heterocycles. The molecule has 0 spiro atoms. The number of hydrogen-bond donors (Lipinski definition) is 1. The number of ether oxygens (including phenoxy) is 1. The Morgan fingerprint density at radius 3 is 3.14 bits per heavy atom. The van der Waals surface area contributed by atoms with Gasteiger partial charge in [-0.25, -0.2) is 0 Å². The van der Waals surface area contributed by atoms with Crippen LogP contribution in [0.2, 0.25) is 0 Å². The zero-order valence-corrected chi connectivity index (χ0v) is 8.17. The summed E-state index contributed by atoms with van der Waals surface area (Å²) >= 11 is 1.08. The van der Waals surface area contributed by atoms with Gasteiger partial charge in [-0.1, -0.05) is 11.3 Å². The Morgan fingerprint density at radius 2 is 2.43 bits per heavy atom. The third kappa shape index (κ3) is 1.58. The largest absolute Gasteiger partial charge is 0.480 e. The third-order valence-electron chi connectivity index (χ3n) is 2.09. The van der Waals surface area contributed by atoms with E-state index in [0.29, 0.717) is 19.6 Å². The van der Waals surface area contributed by atoms with Crippen LogP contribution in [0.5, 0.6) is 0 Å². The van der Waals surface area contributed by atoms with Gasteiger partial charge in [0.2, 0.25) is 0 Å². The lowest BCUT2D eigenvalue weighted by atomic mass is 10.2. The fourth-order valence-corrected chi connectivity index (χ4v) is 2.46. The fraction of sp³-hybridized carbons (Fsp3) is 0.500. The van der Waals surface area contributed by atoms with Crippen molar-refractivity contribution in [3.05, 3.63) is 20.2 Å². The smallest absolute Gasteiger partial charge is 0.323 e. The molecule has 0 saturated carbocycles. The Labute approximate surface area is 83.6 Å². The molecule has 2 heterocycles. The van der Waals surface area contributed by atoms with E-state index < -0.39 is 5.97 Å². The van der Waals surface area contributed by atoms with Crippen molar-refractivity contribution < 1.29 is 14.6 Å². The number of aliphatic carboxylic acids is 1. The summed E-state index contributed by atoms with van der Waals surface area (Å²) in [6, 6.07) is 0. The Balaban J connectivity index is 2.42. The van der Waals surface area contributed by atoms with Crippen LogP contribution in [0.15, 0.2) is 4.79 Å². The van der Waals surface area contributed by atoms with Crippen molar-refractivity contribution in [2.45, 2.75) is 19.6 Å². The molecule has 5 nitrogen and oxygen atoms in total. The van der Waals surface area contributed by atoms with E-state index in [2.05, 4.69) is 0 Å². The molecule has 0 unspecified atom stereocenters. The molecule has 6 heteroatoms. The molecule has 1 aliphatic rings. The minimum atomic E-state index is -0.987. The summed E-state index contributed by atoms with van der Waals surface area (Å²) in [4.78, 5) is 22.6. The second-order valence-corrected chi connectivity index (χ2v) is 4.07. The van der Waals surface area contributed by atoms with Crippen LogP contribution in [0.1, 0.15) is 10.6 Å². The van der Waals surface area contributed by atoms with E-state index >= 15 is 0 Å². The van der Waals surface area contributed by atoms with Crippen LogP contribution in [0.3, 0.4) is 0 Å². The molecule has 1 aromatic heterocycles. The lowest BCUT2D eigenvalue weighted by molar-refractivity contribution is -0.137. The molecule has 0 aliphatic carbocycles. The molecular formula is C8H9NO4S. The van der Waals surface area contributed by atoms with E-state index in [1.54, 1.807) is 0 Å². The monoisotopic (exact) mass is 215 g/mol.